The molecule has 0 spiro atoms. The van der Waals surface area contributed by atoms with Gasteiger partial charge in [-0.2, -0.15) is 11.8 Å². The summed E-state index contributed by atoms with van der Waals surface area (Å²) in [6.07, 6.45) is 0. The van der Waals surface area contributed by atoms with Crippen molar-refractivity contribution < 1.29 is 4.79 Å². The fourth-order valence-electron chi connectivity index (χ4n) is 2.33. The van der Waals surface area contributed by atoms with Crippen molar-refractivity contribution in [2.45, 2.75) is 25.1 Å². The van der Waals surface area contributed by atoms with Crippen LogP contribution in [0.15, 0.2) is 18.2 Å². The summed E-state index contributed by atoms with van der Waals surface area (Å²) in [5.41, 5.74) is 13.4. The molecule has 0 radical (unpaired) electrons. The number of nitrogen functional groups attached to an aromatic ring is 1. The lowest BCUT2D eigenvalue weighted by atomic mass is 10.1. The highest BCUT2D eigenvalue weighted by atomic mass is 32.2. The quantitative estimate of drug-likeness (QED) is 0.798. The number of nitrogens with zero attached hydrogens (tertiary/aromatic N) is 1. The summed E-state index contributed by atoms with van der Waals surface area (Å²) in [5, 5.41) is 0.513. The van der Waals surface area contributed by atoms with Crippen molar-refractivity contribution in [2.24, 2.45) is 5.73 Å². The number of primary amides is 1. The first-order chi connectivity index (χ1) is 8.52. The molecule has 0 aromatic heterocycles. The molecule has 1 fully saturated rings. The molecule has 2 atom stereocenters. The molecule has 1 aromatic carbocycles. The zero-order chi connectivity index (χ0) is 13.3. The van der Waals surface area contributed by atoms with Gasteiger partial charge in [-0.05, 0) is 19.1 Å². The van der Waals surface area contributed by atoms with Gasteiger partial charge in [0.1, 0.15) is 0 Å². The number of carbonyl (C=O) groups excluding carboxylic acids is 1. The van der Waals surface area contributed by atoms with Gasteiger partial charge in [-0.25, -0.2) is 0 Å². The normalized spacial score (nSPS) is 24.0. The summed E-state index contributed by atoms with van der Waals surface area (Å²) < 4.78 is 0. The number of amides is 1. The minimum Gasteiger partial charge on any atom is -0.397 e. The average molecular weight is 265 g/mol. The van der Waals surface area contributed by atoms with Crippen LogP contribution in [0.3, 0.4) is 0 Å². The summed E-state index contributed by atoms with van der Waals surface area (Å²) in [5.74, 6) is 0.619. The summed E-state index contributed by atoms with van der Waals surface area (Å²) >= 11 is 1.95. The second-order valence-corrected chi connectivity index (χ2v) is 6.10. The maximum atomic E-state index is 11.5. The minimum atomic E-state index is -0.421. The third kappa shape index (κ3) is 2.27. The van der Waals surface area contributed by atoms with Gasteiger partial charge in [-0.3, -0.25) is 4.79 Å². The van der Waals surface area contributed by atoms with Gasteiger partial charge in [0.25, 0.3) is 5.91 Å². The number of hydrogen-bond donors (Lipinski definition) is 2. The molecule has 98 valence electrons. The molecule has 4 N–H and O–H groups in total. The SMILES string of the molecule is CC1SCCN(c2c(N)cccc2C(N)=O)C1C. The topological polar surface area (TPSA) is 72.3 Å². The number of nitrogens with two attached hydrogens (primary N) is 2. The highest BCUT2D eigenvalue weighted by Gasteiger charge is 2.28. The second-order valence-electron chi connectivity index (χ2n) is 4.62. The molecule has 2 rings (SSSR count). The first-order valence-corrected chi connectivity index (χ1v) is 7.13. The molecule has 4 nitrogen and oxygen atoms in total. The first kappa shape index (κ1) is 13.1. The molecule has 1 heterocycles. The Hall–Kier alpha value is -1.36. The third-order valence-corrected chi connectivity index (χ3v) is 4.84. The summed E-state index contributed by atoms with van der Waals surface area (Å²) in [4.78, 5) is 13.7. The third-order valence-electron chi connectivity index (χ3n) is 3.50. The molecule has 0 aliphatic carbocycles. The molecule has 0 saturated carbocycles. The van der Waals surface area contributed by atoms with Crippen molar-refractivity contribution in [3.05, 3.63) is 23.8 Å². The monoisotopic (exact) mass is 265 g/mol. The zero-order valence-corrected chi connectivity index (χ0v) is 11.5. The van der Waals surface area contributed by atoms with Gasteiger partial charge in [0.15, 0.2) is 0 Å². The molecule has 0 bridgehead atoms. The van der Waals surface area contributed by atoms with Crippen LogP contribution in [0, 0.1) is 0 Å². The predicted molar refractivity (Wildman–Crippen MR) is 78.1 cm³/mol. The highest BCUT2D eigenvalue weighted by Crippen LogP contribution is 2.34. The lowest BCUT2D eigenvalue weighted by Crippen LogP contribution is -2.45. The van der Waals surface area contributed by atoms with E-state index in [2.05, 4.69) is 18.7 Å². The van der Waals surface area contributed by atoms with E-state index in [4.69, 9.17) is 11.5 Å². The Morgan fingerprint density at radius 3 is 2.83 bits per heavy atom. The number of para-hydroxylation sites is 1. The summed E-state index contributed by atoms with van der Waals surface area (Å²) in [7, 11) is 0. The Morgan fingerprint density at radius 2 is 2.17 bits per heavy atom. The Labute approximate surface area is 112 Å². The fourth-order valence-corrected chi connectivity index (χ4v) is 3.43. The van der Waals surface area contributed by atoms with E-state index in [0.29, 0.717) is 22.5 Å². The number of carbonyl (C=O) groups is 1. The van der Waals surface area contributed by atoms with Crippen molar-refractivity contribution in [2.75, 3.05) is 22.9 Å². The zero-order valence-electron chi connectivity index (χ0n) is 10.7. The van der Waals surface area contributed by atoms with Crippen molar-refractivity contribution in [3.63, 3.8) is 0 Å². The minimum absolute atomic E-state index is 0.339. The highest BCUT2D eigenvalue weighted by molar-refractivity contribution is 8.00. The Balaban J connectivity index is 2.46. The van der Waals surface area contributed by atoms with Gasteiger partial charge in [-0.1, -0.05) is 13.0 Å². The van der Waals surface area contributed by atoms with Crippen LogP contribution in [0.2, 0.25) is 0 Å². The van der Waals surface area contributed by atoms with Gasteiger partial charge < -0.3 is 16.4 Å². The lowest BCUT2D eigenvalue weighted by Gasteiger charge is -2.40. The van der Waals surface area contributed by atoms with Crippen molar-refractivity contribution >= 4 is 29.0 Å². The molecule has 1 aliphatic rings. The van der Waals surface area contributed by atoms with Crippen LogP contribution in [0.25, 0.3) is 0 Å². The second kappa shape index (κ2) is 5.10. The van der Waals surface area contributed by atoms with Gasteiger partial charge in [0.2, 0.25) is 0 Å². The van der Waals surface area contributed by atoms with E-state index in [9.17, 15) is 4.79 Å². The van der Waals surface area contributed by atoms with E-state index in [-0.39, 0.29) is 0 Å². The lowest BCUT2D eigenvalue weighted by molar-refractivity contribution is 0.100. The number of hydrogen-bond acceptors (Lipinski definition) is 4. The van der Waals surface area contributed by atoms with E-state index in [1.54, 1.807) is 12.1 Å². The number of anilines is 2. The number of rotatable bonds is 2. The van der Waals surface area contributed by atoms with E-state index >= 15 is 0 Å². The largest absolute Gasteiger partial charge is 0.397 e. The molecule has 1 aliphatic heterocycles. The number of thioether (sulfide) groups is 1. The van der Waals surface area contributed by atoms with E-state index in [1.807, 2.05) is 17.8 Å². The average Bonchev–Trinajstić information content (AvgIpc) is 2.33. The predicted octanol–water partition coefficient (Wildman–Crippen LogP) is 1.70. The van der Waals surface area contributed by atoms with Gasteiger partial charge in [-0.15, -0.1) is 0 Å². The Morgan fingerprint density at radius 1 is 1.44 bits per heavy atom. The van der Waals surface area contributed by atoms with Crippen molar-refractivity contribution in [3.8, 4) is 0 Å². The molecule has 1 amide bonds. The maximum absolute atomic E-state index is 11.5. The summed E-state index contributed by atoms with van der Waals surface area (Å²) in [6, 6.07) is 5.67. The van der Waals surface area contributed by atoms with Crippen LogP contribution in [0.4, 0.5) is 11.4 Å². The van der Waals surface area contributed by atoms with Crippen LogP contribution < -0.4 is 16.4 Å². The standard InChI is InChI=1S/C13H19N3OS/c1-8-9(2)18-7-6-16(8)12-10(13(15)17)4-3-5-11(12)14/h3-5,8-9H,6-7,14H2,1-2H3,(H2,15,17). The van der Waals surface area contributed by atoms with E-state index in [0.717, 1.165) is 18.0 Å². The van der Waals surface area contributed by atoms with E-state index in [1.165, 1.54) is 0 Å². The van der Waals surface area contributed by atoms with E-state index < -0.39 is 5.91 Å². The Kier molecular flexibility index (Phi) is 3.71. The maximum Gasteiger partial charge on any atom is 0.250 e. The smallest absolute Gasteiger partial charge is 0.250 e. The van der Waals surface area contributed by atoms with Crippen molar-refractivity contribution in [1.82, 2.24) is 0 Å². The summed E-state index contributed by atoms with van der Waals surface area (Å²) in [6.45, 7) is 5.25. The van der Waals surface area contributed by atoms with Crippen LogP contribution >= 0.6 is 11.8 Å². The van der Waals surface area contributed by atoms with Crippen LogP contribution in [-0.2, 0) is 0 Å². The van der Waals surface area contributed by atoms with Crippen LogP contribution in [0.5, 0.6) is 0 Å². The molecular formula is C13H19N3OS. The van der Waals surface area contributed by atoms with Gasteiger partial charge in [0.05, 0.1) is 16.9 Å². The van der Waals surface area contributed by atoms with Gasteiger partial charge >= 0.3 is 0 Å². The molecule has 1 saturated heterocycles. The Bertz CT molecular complexity index is 464. The van der Waals surface area contributed by atoms with Crippen LogP contribution in [-0.4, -0.2) is 29.5 Å². The van der Waals surface area contributed by atoms with Crippen molar-refractivity contribution in [1.29, 1.82) is 0 Å². The fraction of sp³-hybridized carbons (Fsp3) is 0.462. The number of benzene rings is 1. The van der Waals surface area contributed by atoms with Gasteiger partial charge in [0, 0.05) is 23.6 Å². The molecule has 1 aromatic rings. The molecule has 18 heavy (non-hydrogen) atoms. The first-order valence-electron chi connectivity index (χ1n) is 6.09. The molecular weight excluding hydrogens is 246 g/mol. The molecule has 2 unspecified atom stereocenters. The molecule has 5 heteroatoms. The van der Waals surface area contributed by atoms with Crippen LogP contribution in [0.1, 0.15) is 24.2 Å².